The van der Waals surface area contributed by atoms with E-state index >= 15 is 0 Å². The number of rotatable bonds is 8. The summed E-state index contributed by atoms with van der Waals surface area (Å²) < 4.78 is 5.71. The van der Waals surface area contributed by atoms with E-state index in [4.69, 9.17) is 4.74 Å². The number of carbonyl (C=O) groups excluding carboxylic acids is 2. The lowest BCUT2D eigenvalue weighted by Crippen LogP contribution is -2.53. The molecule has 2 unspecified atom stereocenters. The third kappa shape index (κ3) is 6.17. The number of ether oxygens (including phenoxy) is 1. The monoisotopic (exact) mass is 449 g/mol. The average Bonchev–Trinajstić information content (AvgIpc) is 3.30. The van der Waals surface area contributed by atoms with Gasteiger partial charge in [-0.1, -0.05) is 61.4 Å². The molecule has 32 heavy (non-hydrogen) atoms. The number of benzene rings is 2. The normalized spacial score (nSPS) is 18.0. The first kappa shape index (κ1) is 22.0. The topological polar surface area (TPSA) is 80.3 Å². The van der Waals surface area contributed by atoms with Crippen molar-refractivity contribution < 1.29 is 14.3 Å². The lowest BCUT2D eigenvalue weighted by molar-refractivity contribution is -0.121. The van der Waals surface area contributed by atoms with Gasteiger partial charge in [-0.05, 0) is 30.5 Å². The molecule has 4 rings (SSSR count). The summed E-state index contributed by atoms with van der Waals surface area (Å²) in [5.41, 5.74) is 1.37. The van der Waals surface area contributed by atoms with Crippen LogP contribution in [0.5, 0.6) is 5.75 Å². The Morgan fingerprint density at radius 3 is 2.31 bits per heavy atom. The molecule has 1 aliphatic carbocycles. The summed E-state index contributed by atoms with van der Waals surface area (Å²) in [6.07, 6.45) is 4.12. The Balaban J connectivity index is 1.31. The molecule has 1 aromatic heterocycles. The van der Waals surface area contributed by atoms with Gasteiger partial charge in [-0.2, -0.15) is 0 Å². The first-order valence-corrected chi connectivity index (χ1v) is 11.8. The van der Waals surface area contributed by atoms with Crippen LogP contribution in [0.15, 0.2) is 66.0 Å². The zero-order valence-electron chi connectivity index (χ0n) is 17.8. The standard InChI is InChI=1S/C25H27N3O3S/c29-23(15-18-9-3-1-4-10-18)26-20-13-7-8-14-21(20)28-25(30)22-17-32-24(27-22)16-31-19-11-5-2-6-12-19/h1-6,9-12,17,20-21H,7-8,13-16H2,(H,26,29)(H,28,30). The highest BCUT2D eigenvalue weighted by atomic mass is 32.1. The van der Waals surface area contributed by atoms with E-state index in [2.05, 4.69) is 15.6 Å². The molecule has 6 nitrogen and oxygen atoms in total. The Kier molecular flexibility index (Phi) is 7.51. The number of nitrogens with one attached hydrogen (secondary N) is 2. The van der Waals surface area contributed by atoms with Gasteiger partial charge in [0.1, 0.15) is 23.1 Å². The highest BCUT2D eigenvalue weighted by Crippen LogP contribution is 2.20. The number of amides is 2. The molecule has 7 heteroatoms. The van der Waals surface area contributed by atoms with Crippen molar-refractivity contribution in [3.05, 3.63) is 82.3 Å². The summed E-state index contributed by atoms with van der Waals surface area (Å²) in [7, 11) is 0. The summed E-state index contributed by atoms with van der Waals surface area (Å²) in [6, 6.07) is 19.1. The van der Waals surface area contributed by atoms with Gasteiger partial charge in [0.25, 0.3) is 5.91 Å². The second-order valence-corrected chi connectivity index (χ2v) is 8.87. The first-order chi connectivity index (χ1) is 15.7. The number of carbonyl (C=O) groups is 2. The van der Waals surface area contributed by atoms with Crippen molar-refractivity contribution in [2.45, 2.75) is 50.8 Å². The minimum absolute atomic E-state index is 0.0173. The van der Waals surface area contributed by atoms with E-state index in [1.807, 2.05) is 60.7 Å². The zero-order valence-corrected chi connectivity index (χ0v) is 18.6. The molecule has 0 aliphatic heterocycles. The summed E-state index contributed by atoms with van der Waals surface area (Å²) in [4.78, 5) is 29.8. The highest BCUT2D eigenvalue weighted by Gasteiger charge is 2.28. The Morgan fingerprint density at radius 2 is 1.59 bits per heavy atom. The van der Waals surface area contributed by atoms with Crippen molar-refractivity contribution in [1.29, 1.82) is 0 Å². The zero-order chi connectivity index (χ0) is 22.2. The molecule has 1 aliphatic rings. The van der Waals surface area contributed by atoms with Crippen LogP contribution in [0.4, 0.5) is 0 Å². The SMILES string of the molecule is O=C(Cc1ccccc1)NC1CCCCC1NC(=O)c1csc(COc2ccccc2)n1. The van der Waals surface area contributed by atoms with Crippen molar-refractivity contribution in [1.82, 2.24) is 15.6 Å². The molecule has 2 N–H and O–H groups in total. The fourth-order valence-electron chi connectivity index (χ4n) is 3.90. The third-order valence-corrected chi connectivity index (χ3v) is 6.35. The van der Waals surface area contributed by atoms with Crippen molar-refractivity contribution in [3.8, 4) is 5.75 Å². The van der Waals surface area contributed by atoms with Crippen LogP contribution in [0.2, 0.25) is 0 Å². The summed E-state index contributed by atoms with van der Waals surface area (Å²) in [5, 5.41) is 8.72. The van der Waals surface area contributed by atoms with Crippen LogP contribution in [-0.2, 0) is 17.8 Å². The number of aromatic nitrogens is 1. The van der Waals surface area contributed by atoms with Crippen LogP contribution in [0.1, 0.15) is 46.7 Å². The van der Waals surface area contributed by atoms with Gasteiger partial charge in [0.15, 0.2) is 0 Å². The number of hydrogen-bond donors (Lipinski definition) is 2. The van der Waals surface area contributed by atoms with Gasteiger partial charge in [-0.3, -0.25) is 9.59 Å². The van der Waals surface area contributed by atoms with E-state index in [0.29, 0.717) is 18.7 Å². The van der Waals surface area contributed by atoms with Crippen molar-refractivity contribution in [2.24, 2.45) is 0 Å². The molecule has 166 valence electrons. The number of hydrogen-bond acceptors (Lipinski definition) is 5. The molecule has 0 bridgehead atoms. The maximum absolute atomic E-state index is 12.8. The molecule has 1 saturated carbocycles. The quantitative estimate of drug-likeness (QED) is 0.542. The minimum atomic E-state index is -0.207. The predicted molar refractivity (Wildman–Crippen MR) is 125 cm³/mol. The second-order valence-electron chi connectivity index (χ2n) is 7.93. The molecule has 2 amide bonds. The van der Waals surface area contributed by atoms with Crippen molar-refractivity contribution in [2.75, 3.05) is 0 Å². The molecule has 2 aromatic carbocycles. The van der Waals surface area contributed by atoms with Crippen molar-refractivity contribution in [3.63, 3.8) is 0 Å². The minimum Gasteiger partial charge on any atom is -0.486 e. The van der Waals surface area contributed by atoms with Crippen molar-refractivity contribution >= 4 is 23.2 Å². The van der Waals surface area contributed by atoms with Crippen LogP contribution < -0.4 is 15.4 Å². The number of thiazole rings is 1. The van der Waals surface area contributed by atoms with Crippen LogP contribution in [0.25, 0.3) is 0 Å². The van der Waals surface area contributed by atoms with Gasteiger partial charge in [-0.25, -0.2) is 4.98 Å². The van der Waals surface area contributed by atoms with Gasteiger partial charge in [-0.15, -0.1) is 11.3 Å². The van der Waals surface area contributed by atoms with Gasteiger partial charge < -0.3 is 15.4 Å². The van der Waals surface area contributed by atoms with E-state index in [1.165, 1.54) is 11.3 Å². The molecule has 0 saturated heterocycles. The van der Waals surface area contributed by atoms with E-state index in [9.17, 15) is 9.59 Å². The molecule has 1 heterocycles. The van der Waals surface area contributed by atoms with E-state index < -0.39 is 0 Å². The van der Waals surface area contributed by atoms with E-state index in [0.717, 1.165) is 42.0 Å². The van der Waals surface area contributed by atoms with Gasteiger partial charge >= 0.3 is 0 Å². The first-order valence-electron chi connectivity index (χ1n) is 10.9. The Labute approximate surface area is 192 Å². The maximum Gasteiger partial charge on any atom is 0.271 e. The Hall–Kier alpha value is -3.19. The molecular formula is C25H27N3O3S. The average molecular weight is 450 g/mol. The summed E-state index contributed by atoms with van der Waals surface area (Å²) >= 11 is 1.41. The molecular weight excluding hydrogens is 422 g/mol. The molecule has 0 spiro atoms. The molecule has 0 radical (unpaired) electrons. The largest absolute Gasteiger partial charge is 0.486 e. The third-order valence-electron chi connectivity index (χ3n) is 5.53. The lowest BCUT2D eigenvalue weighted by atomic mass is 9.90. The molecule has 3 aromatic rings. The van der Waals surface area contributed by atoms with E-state index in [1.54, 1.807) is 5.38 Å². The Bertz CT molecular complexity index is 1020. The van der Waals surface area contributed by atoms with Crippen LogP contribution in [0.3, 0.4) is 0 Å². The van der Waals surface area contributed by atoms with Crippen LogP contribution in [0, 0.1) is 0 Å². The lowest BCUT2D eigenvalue weighted by Gasteiger charge is -2.32. The fourth-order valence-corrected chi connectivity index (χ4v) is 4.59. The number of nitrogens with zero attached hydrogens (tertiary/aromatic N) is 1. The second kappa shape index (κ2) is 10.9. The van der Waals surface area contributed by atoms with Crippen LogP contribution >= 0.6 is 11.3 Å². The Morgan fingerprint density at radius 1 is 0.938 bits per heavy atom. The van der Waals surface area contributed by atoms with Gasteiger partial charge in [0.2, 0.25) is 5.91 Å². The molecule has 1 fully saturated rings. The smallest absolute Gasteiger partial charge is 0.271 e. The molecule has 2 atom stereocenters. The van der Waals surface area contributed by atoms with Crippen LogP contribution in [-0.4, -0.2) is 28.9 Å². The summed E-state index contributed by atoms with van der Waals surface area (Å²) in [5.74, 6) is 0.544. The fraction of sp³-hybridized carbons (Fsp3) is 0.320. The van der Waals surface area contributed by atoms with E-state index in [-0.39, 0.29) is 23.9 Å². The number of para-hydroxylation sites is 1. The van der Waals surface area contributed by atoms with Gasteiger partial charge in [0.05, 0.1) is 6.42 Å². The highest BCUT2D eigenvalue weighted by molar-refractivity contribution is 7.09. The summed E-state index contributed by atoms with van der Waals surface area (Å²) in [6.45, 7) is 0.323. The predicted octanol–water partition coefficient (Wildman–Crippen LogP) is 4.12. The maximum atomic E-state index is 12.8. The van der Waals surface area contributed by atoms with Gasteiger partial charge in [0, 0.05) is 17.5 Å².